The largest absolute Gasteiger partial charge is 0.494 e. The Morgan fingerprint density at radius 2 is 1.86 bits per heavy atom. The molecule has 1 aromatic heterocycles. The van der Waals surface area contributed by atoms with E-state index in [1.165, 1.54) is 12.1 Å². The standard InChI is InChI=1S/C35H35FN4O3/c1-3-32(41)37-23-9-14-29(34-39-33-30(15-8-16-31(33)43-2)40(34)27-11-5-6-12-27)38-35(42)26-21-18-24(19-22-26)17-20-25-10-4-7-13-28(25)36/h3-4,7-8,10,13,15-16,18-19,21-22,27,29H,1,5-6,9,11-12,14,23H2,2H3,(H,37,41)(H,38,42). The number of nitrogens with zero attached hydrogens (tertiary/aromatic N) is 2. The fourth-order valence-corrected chi connectivity index (χ4v) is 5.57. The highest BCUT2D eigenvalue weighted by atomic mass is 19.1. The Hall–Kier alpha value is -4.90. The van der Waals surface area contributed by atoms with Crippen molar-refractivity contribution in [2.45, 2.75) is 50.6 Å². The summed E-state index contributed by atoms with van der Waals surface area (Å²) >= 11 is 0. The molecule has 1 heterocycles. The predicted octanol–water partition coefficient (Wildman–Crippen LogP) is 6.25. The van der Waals surface area contributed by atoms with Crippen molar-refractivity contribution in [3.8, 4) is 17.6 Å². The minimum atomic E-state index is -0.411. The van der Waals surface area contributed by atoms with Crippen LogP contribution in [0.5, 0.6) is 5.75 Å². The Labute approximate surface area is 251 Å². The second kappa shape index (κ2) is 13.8. The summed E-state index contributed by atoms with van der Waals surface area (Å²) in [5, 5.41) is 6.04. The van der Waals surface area contributed by atoms with Crippen LogP contribution in [0.2, 0.25) is 0 Å². The van der Waals surface area contributed by atoms with E-state index in [-0.39, 0.29) is 23.7 Å². The molecule has 7 nitrogen and oxygen atoms in total. The molecule has 2 amide bonds. The summed E-state index contributed by atoms with van der Waals surface area (Å²) in [5.74, 6) is 6.42. The summed E-state index contributed by atoms with van der Waals surface area (Å²) in [5.41, 5.74) is 3.22. The normalized spacial score (nSPS) is 13.6. The first kappa shape index (κ1) is 29.6. The van der Waals surface area contributed by atoms with Gasteiger partial charge < -0.3 is 19.9 Å². The van der Waals surface area contributed by atoms with Gasteiger partial charge in [0.2, 0.25) is 5.91 Å². The molecule has 3 aromatic carbocycles. The summed E-state index contributed by atoms with van der Waals surface area (Å²) in [4.78, 5) is 30.3. The van der Waals surface area contributed by atoms with Crippen molar-refractivity contribution < 1.29 is 18.7 Å². The number of benzene rings is 3. The Morgan fingerprint density at radius 1 is 1.09 bits per heavy atom. The number of methoxy groups -OCH3 is 1. The van der Waals surface area contributed by atoms with Crippen molar-refractivity contribution in [2.24, 2.45) is 0 Å². The molecule has 220 valence electrons. The summed E-state index contributed by atoms with van der Waals surface area (Å²) in [6.07, 6.45) is 6.81. The fraction of sp³-hybridized carbons (Fsp3) is 0.286. The minimum absolute atomic E-state index is 0.235. The van der Waals surface area contributed by atoms with Gasteiger partial charge in [-0.25, -0.2) is 9.37 Å². The molecule has 1 fully saturated rings. The van der Waals surface area contributed by atoms with Gasteiger partial charge in [-0.2, -0.15) is 0 Å². The molecular weight excluding hydrogens is 543 g/mol. The molecular formula is C35H35FN4O3. The second-order valence-electron chi connectivity index (χ2n) is 10.6. The number of fused-ring (bicyclic) bond motifs is 1. The lowest BCUT2D eigenvalue weighted by Crippen LogP contribution is -2.32. The second-order valence-corrected chi connectivity index (χ2v) is 10.6. The van der Waals surface area contributed by atoms with Gasteiger partial charge in [-0.15, -0.1) is 0 Å². The number of rotatable bonds is 10. The molecule has 1 unspecified atom stereocenters. The first-order valence-corrected chi connectivity index (χ1v) is 14.6. The number of halogens is 1. The first-order chi connectivity index (χ1) is 21.0. The summed E-state index contributed by atoms with van der Waals surface area (Å²) < 4.78 is 21.9. The van der Waals surface area contributed by atoms with Crippen LogP contribution in [0.25, 0.3) is 11.0 Å². The molecule has 0 spiro atoms. The van der Waals surface area contributed by atoms with Crippen molar-refractivity contribution in [1.82, 2.24) is 20.2 Å². The molecule has 43 heavy (non-hydrogen) atoms. The number of amides is 2. The van der Waals surface area contributed by atoms with Crippen LogP contribution in [0.4, 0.5) is 4.39 Å². The van der Waals surface area contributed by atoms with Gasteiger partial charge in [0.05, 0.1) is 24.2 Å². The molecule has 1 aliphatic rings. The van der Waals surface area contributed by atoms with Crippen LogP contribution in [0.15, 0.2) is 79.4 Å². The van der Waals surface area contributed by atoms with Crippen molar-refractivity contribution >= 4 is 22.8 Å². The number of aromatic nitrogens is 2. The Kier molecular flexibility index (Phi) is 9.52. The molecule has 1 atom stereocenters. The topological polar surface area (TPSA) is 85.2 Å². The van der Waals surface area contributed by atoms with Crippen LogP contribution in [-0.4, -0.2) is 35.0 Å². The highest BCUT2D eigenvalue weighted by Crippen LogP contribution is 2.38. The molecule has 5 rings (SSSR count). The maximum absolute atomic E-state index is 13.9. The van der Waals surface area contributed by atoms with E-state index in [4.69, 9.17) is 9.72 Å². The van der Waals surface area contributed by atoms with E-state index in [0.29, 0.717) is 41.8 Å². The number of hydrogen-bond acceptors (Lipinski definition) is 4. The van der Waals surface area contributed by atoms with Gasteiger partial charge in [0.15, 0.2) is 0 Å². The zero-order chi connectivity index (χ0) is 30.2. The molecule has 8 heteroatoms. The predicted molar refractivity (Wildman–Crippen MR) is 165 cm³/mol. The van der Waals surface area contributed by atoms with E-state index in [1.54, 1.807) is 49.6 Å². The van der Waals surface area contributed by atoms with Gasteiger partial charge in [-0.3, -0.25) is 9.59 Å². The Bertz CT molecular complexity index is 1680. The molecule has 4 aromatic rings. The molecule has 0 bridgehead atoms. The molecule has 0 aliphatic heterocycles. The third kappa shape index (κ3) is 6.95. The van der Waals surface area contributed by atoms with Crippen LogP contribution in [0.3, 0.4) is 0 Å². The molecule has 1 saturated carbocycles. The van der Waals surface area contributed by atoms with Crippen LogP contribution >= 0.6 is 0 Å². The molecule has 0 radical (unpaired) electrons. The lowest BCUT2D eigenvalue weighted by molar-refractivity contribution is -0.116. The quantitative estimate of drug-likeness (QED) is 0.132. The van der Waals surface area contributed by atoms with Crippen molar-refractivity contribution in [3.05, 3.63) is 108 Å². The number of para-hydroxylation sites is 1. The molecule has 0 saturated heterocycles. The third-order valence-electron chi connectivity index (χ3n) is 7.75. The van der Waals surface area contributed by atoms with Crippen LogP contribution in [0.1, 0.15) is 77.9 Å². The van der Waals surface area contributed by atoms with Gasteiger partial charge in [0.1, 0.15) is 22.9 Å². The fourth-order valence-electron chi connectivity index (χ4n) is 5.57. The number of nitrogens with one attached hydrogen (secondary N) is 2. The summed E-state index contributed by atoms with van der Waals surface area (Å²) in [6.45, 7) is 3.95. The lowest BCUT2D eigenvalue weighted by Gasteiger charge is -2.23. The zero-order valence-corrected chi connectivity index (χ0v) is 24.2. The van der Waals surface area contributed by atoms with Crippen LogP contribution < -0.4 is 15.4 Å². The highest BCUT2D eigenvalue weighted by molar-refractivity contribution is 5.94. The molecule has 1 aliphatic carbocycles. The van der Waals surface area contributed by atoms with E-state index in [1.807, 2.05) is 12.1 Å². The Balaban J connectivity index is 1.43. The lowest BCUT2D eigenvalue weighted by atomic mass is 10.1. The molecule has 2 N–H and O–H groups in total. The maximum Gasteiger partial charge on any atom is 0.251 e. The number of carbonyl (C=O) groups excluding carboxylic acids is 2. The first-order valence-electron chi connectivity index (χ1n) is 14.6. The van der Waals surface area contributed by atoms with Crippen molar-refractivity contribution in [2.75, 3.05) is 13.7 Å². The monoisotopic (exact) mass is 578 g/mol. The minimum Gasteiger partial charge on any atom is -0.494 e. The van der Waals surface area contributed by atoms with Crippen LogP contribution in [-0.2, 0) is 4.79 Å². The SMILES string of the molecule is C=CC(=O)NCCCC(NC(=O)c1ccc(C#Cc2ccccc2F)cc1)c1nc2c(OC)cccc2n1C1CCCC1. The van der Waals surface area contributed by atoms with Gasteiger partial charge in [0.25, 0.3) is 5.91 Å². The van der Waals surface area contributed by atoms with E-state index >= 15 is 0 Å². The van der Waals surface area contributed by atoms with E-state index < -0.39 is 6.04 Å². The highest BCUT2D eigenvalue weighted by Gasteiger charge is 2.29. The number of carbonyl (C=O) groups is 2. The van der Waals surface area contributed by atoms with Crippen LogP contribution in [0, 0.1) is 17.7 Å². The van der Waals surface area contributed by atoms with Crippen molar-refractivity contribution in [3.63, 3.8) is 0 Å². The zero-order valence-electron chi connectivity index (χ0n) is 24.2. The van der Waals surface area contributed by atoms with Gasteiger partial charge in [0, 0.05) is 23.7 Å². The van der Waals surface area contributed by atoms with Gasteiger partial charge >= 0.3 is 0 Å². The van der Waals surface area contributed by atoms with E-state index in [2.05, 4.69) is 39.7 Å². The van der Waals surface area contributed by atoms with Crippen molar-refractivity contribution in [1.29, 1.82) is 0 Å². The number of imidazole rings is 1. The summed E-state index contributed by atoms with van der Waals surface area (Å²) in [7, 11) is 1.63. The van der Waals surface area contributed by atoms with E-state index in [0.717, 1.165) is 42.5 Å². The average Bonchev–Trinajstić information content (AvgIpc) is 3.70. The maximum atomic E-state index is 13.9. The average molecular weight is 579 g/mol. The summed E-state index contributed by atoms with van der Waals surface area (Å²) in [6, 6.07) is 19.1. The number of hydrogen-bond donors (Lipinski definition) is 2. The third-order valence-corrected chi connectivity index (χ3v) is 7.75. The van der Waals surface area contributed by atoms with Gasteiger partial charge in [-0.05, 0) is 80.3 Å². The smallest absolute Gasteiger partial charge is 0.251 e. The number of ether oxygens (including phenoxy) is 1. The Morgan fingerprint density at radius 3 is 2.58 bits per heavy atom. The van der Waals surface area contributed by atoms with E-state index in [9.17, 15) is 14.0 Å². The van der Waals surface area contributed by atoms with Gasteiger partial charge in [-0.1, -0.05) is 49.5 Å².